The molecule has 30 heavy (non-hydrogen) atoms. The number of hydrazone groups is 1. The summed E-state index contributed by atoms with van der Waals surface area (Å²) in [5, 5.41) is 17.5. The van der Waals surface area contributed by atoms with Crippen LogP contribution in [0.5, 0.6) is 0 Å². The summed E-state index contributed by atoms with van der Waals surface area (Å²) in [6, 6.07) is 24.7. The Morgan fingerprint density at radius 2 is 1.67 bits per heavy atom. The summed E-state index contributed by atoms with van der Waals surface area (Å²) < 4.78 is 0. The fourth-order valence-electron chi connectivity index (χ4n) is 2.62. The summed E-state index contributed by atoms with van der Waals surface area (Å²) in [5.41, 5.74) is 5.63. The zero-order valence-corrected chi connectivity index (χ0v) is 17.3. The second kappa shape index (κ2) is 9.34. The van der Waals surface area contributed by atoms with Crippen molar-refractivity contribution in [3.63, 3.8) is 0 Å². The van der Waals surface area contributed by atoms with Gasteiger partial charge in [-0.1, -0.05) is 42.1 Å². The molecule has 6 nitrogen and oxygen atoms in total. The van der Waals surface area contributed by atoms with E-state index in [1.54, 1.807) is 30.1 Å². The van der Waals surface area contributed by atoms with Gasteiger partial charge < -0.3 is 0 Å². The predicted octanol–water partition coefficient (Wildman–Crippen LogP) is 6.32. The molecule has 0 saturated carbocycles. The zero-order chi connectivity index (χ0) is 20.8. The van der Waals surface area contributed by atoms with Crippen LogP contribution in [-0.2, 0) is 0 Å². The first-order valence-corrected chi connectivity index (χ1v) is 10.7. The fraction of sp³-hybridized carbons (Fsp3) is 0. The van der Waals surface area contributed by atoms with Gasteiger partial charge in [0, 0.05) is 32.9 Å². The van der Waals surface area contributed by atoms with Crippen LogP contribution >= 0.6 is 23.1 Å². The van der Waals surface area contributed by atoms with Gasteiger partial charge in [0.2, 0.25) is 5.13 Å². The van der Waals surface area contributed by atoms with E-state index in [9.17, 15) is 10.1 Å². The molecule has 1 heterocycles. The van der Waals surface area contributed by atoms with Crippen LogP contribution in [-0.4, -0.2) is 16.1 Å². The molecule has 0 amide bonds. The molecule has 0 aliphatic carbocycles. The summed E-state index contributed by atoms with van der Waals surface area (Å²) in [4.78, 5) is 17.2. The summed E-state index contributed by atoms with van der Waals surface area (Å²) in [7, 11) is 0. The van der Waals surface area contributed by atoms with Crippen molar-refractivity contribution >= 4 is 40.1 Å². The van der Waals surface area contributed by atoms with E-state index in [1.807, 2.05) is 23.6 Å². The molecule has 0 bridgehead atoms. The van der Waals surface area contributed by atoms with Gasteiger partial charge in [0.15, 0.2) is 0 Å². The molecular formula is C22H16N4O2S2. The zero-order valence-electron chi connectivity index (χ0n) is 15.6. The lowest BCUT2D eigenvalue weighted by Crippen LogP contribution is -1.91. The molecule has 3 aromatic carbocycles. The topological polar surface area (TPSA) is 80.4 Å². The maximum absolute atomic E-state index is 10.7. The average Bonchev–Trinajstić information content (AvgIpc) is 3.24. The minimum Gasteiger partial charge on any atom is -0.258 e. The molecule has 0 aliphatic rings. The molecular weight excluding hydrogens is 416 g/mol. The summed E-state index contributed by atoms with van der Waals surface area (Å²) in [5.74, 6) is 0. The Bertz CT molecular complexity index is 1160. The van der Waals surface area contributed by atoms with Crippen LogP contribution in [0.25, 0.3) is 11.3 Å². The van der Waals surface area contributed by atoms with Crippen LogP contribution in [0.3, 0.4) is 0 Å². The number of nitrogens with zero attached hydrogens (tertiary/aromatic N) is 3. The number of anilines is 1. The maximum atomic E-state index is 10.7. The molecule has 1 N–H and O–H groups in total. The van der Waals surface area contributed by atoms with Crippen LogP contribution in [0.15, 0.2) is 99.1 Å². The number of aromatic nitrogens is 1. The van der Waals surface area contributed by atoms with Crippen molar-refractivity contribution in [3.8, 4) is 11.3 Å². The van der Waals surface area contributed by atoms with Crippen molar-refractivity contribution in [2.75, 3.05) is 5.43 Å². The molecule has 0 fully saturated rings. The summed E-state index contributed by atoms with van der Waals surface area (Å²) in [6.07, 6.45) is 1.60. The first kappa shape index (κ1) is 19.8. The molecule has 0 spiro atoms. The van der Waals surface area contributed by atoms with E-state index in [2.05, 4.69) is 51.9 Å². The van der Waals surface area contributed by atoms with Gasteiger partial charge in [0.05, 0.1) is 16.8 Å². The van der Waals surface area contributed by atoms with E-state index in [1.165, 1.54) is 33.3 Å². The van der Waals surface area contributed by atoms with E-state index in [4.69, 9.17) is 0 Å². The number of nitro groups is 1. The second-order valence-electron chi connectivity index (χ2n) is 6.20. The van der Waals surface area contributed by atoms with Crippen molar-refractivity contribution in [1.82, 2.24) is 4.98 Å². The minimum absolute atomic E-state index is 0.0536. The first-order chi connectivity index (χ1) is 14.7. The highest BCUT2D eigenvalue weighted by molar-refractivity contribution is 7.99. The number of nitro benzene ring substituents is 1. The van der Waals surface area contributed by atoms with Crippen LogP contribution in [0.2, 0.25) is 0 Å². The molecule has 4 aromatic rings. The van der Waals surface area contributed by atoms with Gasteiger partial charge in [-0.2, -0.15) is 5.10 Å². The van der Waals surface area contributed by atoms with Gasteiger partial charge in [-0.3, -0.25) is 15.5 Å². The average molecular weight is 433 g/mol. The van der Waals surface area contributed by atoms with E-state index >= 15 is 0 Å². The highest BCUT2D eigenvalue weighted by Gasteiger charge is 2.05. The molecule has 1 aromatic heterocycles. The number of rotatable bonds is 7. The SMILES string of the molecule is O=[N+]([O-])c1ccc(/C=N\Nc2nc(-c3ccc(Sc4ccccc4)cc3)cs2)cc1. The number of hydrogen-bond donors (Lipinski definition) is 1. The van der Waals surface area contributed by atoms with Crippen molar-refractivity contribution in [2.45, 2.75) is 9.79 Å². The third-order valence-corrected chi connectivity index (χ3v) is 5.87. The van der Waals surface area contributed by atoms with Gasteiger partial charge in [-0.05, 0) is 42.0 Å². The minimum atomic E-state index is -0.427. The fourth-order valence-corrected chi connectivity index (χ4v) is 4.13. The molecule has 8 heteroatoms. The number of benzene rings is 3. The molecule has 0 radical (unpaired) electrons. The smallest absolute Gasteiger partial charge is 0.258 e. The molecule has 0 atom stereocenters. The van der Waals surface area contributed by atoms with Crippen LogP contribution in [0, 0.1) is 10.1 Å². The van der Waals surface area contributed by atoms with E-state index < -0.39 is 4.92 Å². The maximum Gasteiger partial charge on any atom is 0.269 e. The second-order valence-corrected chi connectivity index (χ2v) is 8.20. The molecule has 0 aliphatic heterocycles. The van der Waals surface area contributed by atoms with Gasteiger partial charge in [-0.25, -0.2) is 4.98 Å². The Labute approximate surface area is 181 Å². The molecule has 0 unspecified atom stereocenters. The van der Waals surface area contributed by atoms with E-state index in [-0.39, 0.29) is 5.69 Å². The third-order valence-electron chi connectivity index (χ3n) is 4.11. The number of hydrogen-bond acceptors (Lipinski definition) is 7. The number of non-ortho nitro benzene ring substituents is 1. The standard InChI is InChI=1S/C22H16N4O2S2/c27-26(28)18-10-6-16(7-11-18)14-23-25-22-24-21(15-29-22)17-8-12-20(13-9-17)30-19-4-2-1-3-5-19/h1-15H,(H,24,25)/b23-14-. The normalized spacial score (nSPS) is 10.9. The van der Waals surface area contributed by atoms with Gasteiger partial charge in [0.1, 0.15) is 0 Å². The van der Waals surface area contributed by atoms with E-state index in [0.717, 1.165) is 16.8 Å². The van der Waals surface area contributed by atoms with Gasteiger partial charge >= 0.3 is 0 Å². The Morgan fingerprint density at radius 3 is 2.37 bits per heavy atom. The van der Waals surface area contributed by atoms with Crippen molar-refractivity contribution in [2.24, 2.45) is 5.10 Å². The molecule has 4 rings (SSSR count). The van der Waals surface area contributed by atoms with Crippen LogP contribution in [0.1, 0.15) is 5.56 Å². The monoisotopic (exact) mass is 432 g/mol. The summed E-state index contributed by atoms with van der Waals surface area (Å²) >= 11 is 3.18. The quantitative estimate of drug-likeness (QED) is 0.210. The van der Waals surface area contributed by atoms with Crippen LogP contribution < -0.4 is 5.43 Å². The van der Waals surface area contributed by atoms with Gasteiger partial charge in [0.25, 0.3) is 5.69 Å². The summed E-state index contributed by atoms with van der Waals surface area (Å²) in [6.45, 7) is 0. The van der Waals surface area contributed by atoms with Gasteiger partial charge in [-0.15, -0.1) is 11.3 Å². The van der Waals surface area contributed by atoms with Crippen LogP contribution in [0.4, 0.5) is 10.8 Å². The lowest BCUT2D eigenvalue weighted by atomic mass is 10.2. The van der Waals surface area contributed by atoms with Crippen molar-refractivity contribution < 1.29 is 4.92 Å². The lowest BCUT2D eigenvalue weighted by Gasteiger charge is -2.02. The third kappa shape index (κ3) is 5.11. The first-order valence-electron chi connectivity index (χ1n) is 9.00. The van der Waals surface area contributed by atoms with Crippen molar-refractivity contribution in [1.29, 1.82) is 0 Å². The number of nitrogens with one attached hydrogen (secondary N) is 1. The van der Waals surface area contributed by atoms with Crippen molar-refractivity contribution in [3.05, 3.63) is 99.9 Å². The lowest BCUT2D eigenvalue weighted by molar-refractivity contribution is -0.384. The highest BCUT2D eigenvalue weighted by Crippen LogP contribution is 2.30. The number of thiazole rings is 1. The van der Waals surface area contributed by atoms with E-state index in [0.29, 0.717) is 5.13 Å². The Hall–Kier alpha value is -3.49. The molecule has 0 saturated heterocycles. The molecule has 148 valence electrons. The Morgan fingerprint density at radius 1 is 0.967 bits per heavy atom. The largest absolute Gasteiger partial charge is 0.269 e. The Kier molecular flexibility index (Phi) is 6.17. The highest BCUT2D eigenvalue weighted by atomic mass is 32.2. The predicted molar refractivity (Wildman–Crippen MR) is 122 cm³/mol. The Balaban J connectivity index is 1.37.